The van der Waals surface area contributed by atoms with E-state index >= 15 is 0 Å². The van der Waals surface area contributed by atoms with Gasteiger partial charge < -0.3 is 15.4 Å². The lowest BCUT2D eigenvalue weighted by Gasteiger charge is -2.37. The van der Waals surface area contributed by atoms with Gasteiger partial charge in [0.25, 0.3) is 0 Å². The molecule has 0 bridgehead atoms. The van der Waals surface area contributed by atoms with Crippen molar-refractivity contribution in [3.05, 3.63) is 54.1 Å². The first-order valence-corrected chi connectivity index (χ1v) is 10.8. The maximum atomic E-state index is 12.7. The number of amides is 2. The molecule has 2 N–H and O–H groups in total. The van der Waals surface area contributed by atoms with Gasteiger partial charge in [-0.25, -0.2) is 0 Å². The maximum absolute atomic E-state index is 12.7. The van der Waals surface area contributed by atoms with Crippen LogP contribution in [0.15, 0.2) is 48.5 Å². The predicted molar refractivity (Wildman–Crippen MR) is 124 cm³/mol. The number of methoxy groups -OCH3 is 1. The van der Waals surface area contributed by atoms with Gasteiger partial charge in [0, 0.05) is 43.6 Å². The molecule has 1 saturated heterocycles. The minimum atomic E-state index is -0.251. The summed E-state index contributed by atoms with van der Waals surface area (Å²) in [6.45, 7) is 7.34. The first-order chi connectivity index (χ1) is 15.0. The number of aryl methyl sites for hydroxylation is 1. The molecule has 2 aromatic rings. The standard InChI is InChI=1S/C24H32N4O3/c1-4-19-8-5-6-11-22(19)26-23(29)17-27-12-14-28(15-13-27)18(2)24(30)25-20-9-7-10-21(16-20)31-3/h5-11,16,18H,4,12-15,17H2,1-3H3,(H,25,30)(H,26,29)/t18-/m1/s1. The van der Waals surface area contributed by atoms with Crippen molar-refractivity contribution in [2.45, 2.75) is 26.3 Å². The molecule has 3 rings (SSSR count). The third-order valence-electron chi connectivity index (χ3n) is 5.71. The highest BCUT2D eigenvalue weighted by Crippen LogP contribution is 2.18. The number of hydrogen-bond acceptors (Lipinski definition) is 5. The van der Waals surface area contributed by atoms with Crippen molar-refractivity contribution in [3.8, 4) is 5.75 Å². The summed E-state index contributed by atoms with van der Waals surface area (Å²) in [5.41, 5.74) is 2.74. The Kier molecular flexibility index (Phi) is 8.03. The van der Waals surface area contributed by atoms with Crippen LogP contribution in [-0.2, 0) is 16.0 Å². The molecule has 0 radical (unpaired) electrons. The van der Waals surface area contributed by atoms with Crippen LogP contribution in [0.2, 0.25) is 0 Å². The fraction of sp³-hybridized carbons (Fsp3) is 0.417. The van der Waals surface area contributed by atoms with Crippen molar-refractivity contribution in [2.75, 3.05) is 50.5 Å². The van der Waals surface area contributed by atoms with Gasteiger partial charge >= 0.3 is 0 Å². The lowest BCUT2D eigenvalue weighted by atomic mass is 10.1. The average molecular weight is 425 g/mol. The molecular formula is C24H32N4O3. The fourth-order valence-corrected chi connectivity index (χ4v) is 3.77. The molecule has 2 aromatic carbocycles. The molecule has 0 saturated carbocycles. The Labute approximate surface area is 184 Å². The van der Waals surface area contributed by atoms with Crippen molar-refractivity contribution in [1.82, 2.24) is 9.80 Å². The number of ether oxygens (including phenoxy) is 1. The lowest BCUT2D eigenvalue weighted by Crippen LogP contribution is -2.53. The summed E-state index contributed by atoms with van der Waals surface area (Å²) in [6, 6.07) is 15.0. The minimum Gasteiger partial charge on any atom is -0.497 e. The molecule has 7 nitrogen and oxygen atoms in total. The van der Waals surface area contributed by atoms with Crippen LogP contribution < -0.4 is 15.4 Å². The van der Waals surface area contributed by atoms with Gasteiger partial charge in [-0.05, 0) is 37.1 Å². The Morgan fingerprint density at radius 2 is 1.77 bits per heavy atom. The molecule has 1 fully saturated rings. The summed E-state index contributed by atoms with van der Waals surface area (Å²) < 4.78 is 5.21. The van der Waals surface area contributed by atoms with Crippen LogP contribution in [0, 0.1) is 0 Å². The molecular weight excluding hydrogens is 392 g/mol. The first kappa shape index (κ1) is 22.8. The summed E-state index contributed by atoms with van der Waals surface area (Å²) in [7, 11) is 1.60. The number of carbonyl (C=O) groups is 2. The second-order valence-electron chi connectivity index (χ2n) is 7.77. The molecule has 0 spiro atoms. The minimum absolute atomic E-state index is 0.00170. The lowest BCUT2D eigenvalue weighted by molar-refractivity contribution is -0.122. The van der Waals surface area contributed by atoms with Crippen molar-refractivity contribution in [1.29, 1.82) is 0 Å². The monoisotopic (exact) mass is 424 g/mol. The number of nitrogens with zero attached hydrogens (tertiary/aromatic N) is 2. The average Bonchev–Trinajstić information content (AvgIpc) is 2.79. The van der Waals surface area contributed by atoms with Crippen molar-refractivity contribution >= 4 is 23.2 Å². The van der Waals surface area contributed by atoms with E-state index in [1.54, 1.807) is 13.2 Å². The van der Waals surface area contributed by atoms with Crippen LogP contribution in [0.4, 0.5) is 11.4 Å². The maximum Gasteiger partial charge on any atom is 0.241 e. The van der Waals surface area contributed by atoms with Gasteiger partial charge in [0.05, 0.1) is 19.7 Å². The Morgan fingerprint density at radius 1 is 1.03 bits per heavy atom. The molecule has 2 amide bonds. The number of nitrogens with one attached hydrogen (secondary N) is 2. The van der Waals surface area contributed by atoms with Gasteiger partial charge in [-0.3, -0.25) is 19.4 Å². The van der Waals surface area contributed by atoms with Gasteiger partial charge in [-0.1, -0.05) is 31.2 Å². The number of rotatable bonds is 8. The number of carbonyl (C=O) groups excluding carboxylic acids is 2. The summed E-state index contributed by atoms with van der Waals surface area (Å²) in [5, 5.41) is 5.99. The molecule has 0 unspecified atom stereocenters. The van der Waals surface area contributed by atoms with E-state index in [1.165, 1.54) is 0 Å². The highest BCUT2D eigenvalue weighted by atomic mass is 16.5. The van der Waals surface area contributed by atoms with E-state index in [0.29, 0.717) is 12.3 Å². The SMILES string of the molecule is CCc1ccccc1NC(=O)CN1CCN([C@H](C)C(=O)Nc2cccc(OC)c2)CC1. The van der Waals surface area contributed by atoms with Crippen LogP contribution in [-0.4, -0.2) is 67.5 Å². The first-order valence-electron chi connectivity index (χ1n) is 10.8. The van der Waals surface area contributed by atoms with Crippen molar-refractivity contribution in [3.63, 3.8) is 0 Å². The smallest absolute Gasteiger partial charge is 0.241 e. The van der Waals surface area contributed by atoms with E-state index in [9.17, 15) is 9.59 Å². The molecule has 7 heteroatoms. The molecule has 166 valence electrons. The predicted octanol–water partition coefficient (Wildman–Crippen LogP) is 2.84. The summed E-state index contributed by atoms with van der Waals surface area (Å²) in [6.07, 6.45) is 0.880. The third kappa shape index (κ3) is 6.29. The molecule has 1 heterocycles. The summed E-state index contributed by atoms with van der Waals surface area (Å²) >= 11 is 0. The van der Waals surface area contributed by atoms with Crippen LogP contribution >= 0.6 is 0 Å². The highest BCUT2D eigenvalue weighted by Gasteiger charge is 2.26. The third-order valence-corrected chi connectivity index (χ3v) is 5.71. The van der Waals surface area contributed by atoms with Crippen LogP contribution in [0.3, 0.4) is 0 Å². The van der Waals surface area contributed by atoms with Gasteiger partial charge in [0.1, 0.15) is 5.75 Å². The van der Waals surface area contributed by atoms with E-state index < -0.39 is 0 Å². The Bertz CT molecular complexity index is 894. The normalized spacial score (nSPS) is 15.8. The van der Waals surface area contributed by atoms with Gasteiger partial charge in [0.2, 0.25) is 11.8 Å². The molecule has 1 aliphatic rings. The fourth-order valence-electron chi connectivity index (χ4n) is 3.77. The molecule has 31 heavy (non-hydrogen) atoms. The van der Waals surface area contributed by atoms with Gasteiger partial charge in [0.15, 0.2) is 0 Å². The molecule has 0 aromatic heterocycles. The molecule has 1 atom stereocenters. The number of benzene rings is 2. The zero-order valence-corrected chi connectivity index (χ0v) is 18.6. The molecule has 1 aliphatic heterocycles. The van der Waals surface area contributed by atoms with E-state index in [0.717, 1.165) is 49.5 Å². The highest BCUT2D eigenvalue weighted by molar-refractivity contribution is 5.95. The summed E-state index contributed by atoms with van der Waals surface area (Å²) in [5.74, 6) is 0.660. The van der Waals surface area contributed by atoms with Crippen LogP contribution in [0.1, 0.15) is 19.4 Å². The van der Waals surface area contributed by atoms with Crippen LogP contribution in [0.5, 0.6) is 5.75 Å². The van der Waals surface area contributed by atoms with Crippen LogP contribution in [0.25, 0.3) is 0 Å². The van der Waals surface area contributed by atoms with E-state index in [-0.39, 0.29) is 17.9 Å². The Hall–Kier alpha value is -2.90. The topological polar surface area (TPSA) is 73.9 Å². The van der Waals surface area contributed by atoms with Gasteiger partial charge in [-0.15, -0.1) is 0 Å². The summed E-state index contributed by atoms with van der Waals surface area (Å²) in [4.78, 5) is 29.4. The zero-order valence-electron chi connectivity index (χ0n) is 18.6. The van der Waals surface area contributed by atoms with Crippen molar-refractivity contribution in [2.24, 2.45) is 0 Å². The van der Waals surface area contributed by atoms with E-state index in [2.05, 4.69) is 27.4 Å². The largest absolute Gasteiger partial charge is 0.497 e. The quantitative estimate of drug-likeness (QED) is 0.682. The zero-order chi connectivity index (χ0) is 22.2. The Morgan fingerprint density at radius 3 is 2.48 bits per heavy atom. The number of hydrogen-bond donors (Lipinski definition) is 2. The number of piperazine rings is 1. The van der Waals surface area contributed by atoms with E-state index in [1.807, 2.05) is 49.4 Å². The molecule has 0 aliphatic carbocycles. The van der Waals surface area contributed by atoms with Gasteiger partial charge in [-0.2, -0.15) is 0 Å². The second kappa shape index (κ2) is 10.9. The number of anilines is 2. The number of para-hydroxylation sites is 1. The Balaban J connectivity index is 1.46. The second-order valence-corrected chi connectivity index (χ2v) is 7.77. The van der Waals surface area contributed by atoms with Crippen molar-refractivity contribution < 1.29 is 14.3 Å². The van der Waals surface area contributed by atoms with E-state index in [4.69, 9.17) is 4.74 Å².